The minimum absolute atomic E-state index is 0.168. The molecule has 1 heterocycles. The Bertz CT molecular complexity index is 277. The number of hydrogen-bond donors (Lipinski definition) is 1. The van der Waals surface area contributed by atoms with Gasteiger partial charge in [0.2, 0.25) is 5.91 Å². The maximum Gasteiger partial charge on any atom is 0.308 e. The van der Waals surface area contributed by atoms with Gasteiger partial charge in [0.15, 0.2) is 0 Å². The highest BCUT2D eigenvalue weighted by atomic mass is 16.4. The summed E-state index contributed by atoms with van der Waals surface area (Å²) in [6.07, 6.45) is 1.59. The molecule has 1 saturated carbocycles. The first kappa shape index (κ1) is 9.49. The zero-order chi connectivity index (χ0) is 10.3. The molecule has 2 rings (SSSR count). The van der Waals surface area contributed by atoms with Crippen LogP contribution < -0.4 is 0 Å². The molecule has 2 aliphatic rings. The van der Waals surface area contributed by atoms with Crippen molar-refractivity contribution in [1.29, 1.82) is 0 Å². The summed E-state index contributed by atoms with van der Waals surface area (Å²) in [6.45, 7) is 3.10. The molecule has 3 unspecified atom stereocenters. The van der Waals surface area contributed by atoms with Crippen molar-refractivity contribution in [2.24, 2.45) is 17.8 Å². The average molecular weight is 197 g/mol. The minimum atomic E-state index is -0.774. The van der Waals surface area contributed by atoms with Crippen LogP contribution in [0.1, 0.15) is 19.8 Å². The van der Waals surface area contributed by atoms with Crippen molar-refractivity contribution >= 4 is 11.9 Å². The van der Waals surface area contributed by atoms with Crippen molar-refractivity contribution in [2.45, 2.75) is 19.8 Å². The molecule has 1 amide bonds. The molecule has 1 saturated heterocycles. The Morgan fingerprint density at radius 3 is 2.50 bits per heavy atom. The molecule has 0 bridgehead atoms. The second-order valence-electron chi connectivity index (χ2n) is 4.43. The van der Waals surface area contributed by atoms with Crippen LogP contribution in [-0.2, 0) is 9.59 Å². The lowest BCUT2D eigenvalue weighted by molar-refractivity contribution is -0.141. The second-order valence-corrected chi connectivity index (χ2v) is 4.43. The summed E-state index contributed by atoms with van der Waals surface area (Å²) in [4.78, 5) is 24.1. The van der Waals surface area contributed by atoms with Crippen LogP contribution in [0.25, 0.3) is 0 Å². The molecule has 1 N–H and O–H groups in total. The Morgan fingerprint density at radius 1 is 1.43 bits per heavy atom. The number of aliphatic carboxylic acids is 1. The number of carboxylic acids is 1. The van der Waals surface area contributed by atoms with Gasteiger partial charge in [-0.1, -0.05) is 6.92 Å². The monoisotopic (exact) mass is 197 g/mol. The highest BCUT2D eigenvalue weighted by Crippen LogP contribution is 2.40. The molecule has 0 radical (unpaired) electrons. The first-order chi connectivity index (χ1) is 6.59. The Hall–Kier alpha value is -1.06. The molecule has 3 atom stereocenters. The summed E-state index contributed by atoms with van der Waals surface area (Å²) < 4.78 is 0. The van der Waals surface area contributed by atoms with Crippen molar-refractivity contribution in [3.05, 3.63) is 0 Å². The van der Waals surface area contributed by atoms with Crippen molar-refractivity contribution in [3.8, 4) is 0 Å². The van der Waals surface area contributed by atoms with Gasteiger partial charge >= 0.3 is 5.97 Å². The summed E-state index contributed by atoms with van der Waals surface area (Å²) >= 11 is 0. The molecule has 4 heteroatoms. The fourth-order valence-corrected chi connectivity index (χ4v) is 2.06. The lowest BCUT2D eigenvalue weighted by Crippen LogP contribution is -2.31. The largest absolute Gasteiger partial charge is 0.481 e. The van der Waals surface area contributed by atoms with Gasteiger partial charge in [0.1, 0.15) is 0 Å². The third-order valence-electron chi connectivity index (χ3n) is 3.28. The number of carboxylic acid groups (broad SMARTS) is 1. The fourth-order valence-electron chi connectivity index (χ4n) is 2.06. The number of hydrogen-bond acceptors (Lipinski definition) is 2. The molecule has 78 valence electrons. The van der Waals surface area contributed by atoms with Gasteiger partial charge in [0, 0.05) is 19.0 Å². The van der Waals surface area contributed by atoms with E-state index in [9.17, 15) is 9.59 Å². The summed E-state index contributed by atoms with van der Waals surface area (Å²) in [5, 5.41) is 8.78. The van der Waals surface area contributed by atoms with E-state index in [2.05, 4.69) is 6.92 Å². The Kier molecular flexibility index (Phi) is 2.21. The van der Waals surface area contributed by atoms with Gasteiger partial charge in [0.25, 0.3) is 0 Å². The Balaban J connectivity index is 1.89. The number of nitrogens with zero attached hydrogens (tertiary/aromatic N) is 1. The summed E-state index contributed by atoms with van der Waals surface area (Å²) in [7, 11) is 0. The highest BCUT2D eigenvalue weighted by Gasteiger charge is 2.43. The molecule has 1 aliphatic carbocycles. The van der Waals surface area contributed by atoms with Crippen LogP contribution >= 0.6 is 0 Å². The van der Waals surface area contributed by atoms with Crippen molar-refractivity contribution in [2.75, 3.05) is 13.1 Å². The van der Waals surface area contributed by atoms with Crippen molar-refractivity contribution in [3.63, 3.8) is 0 Å². The van der Waals surface area contributed by atoms with Gasteiger partial charge in [-0.15, -0.1) is 0 Å². The van der Waals surface area contributed by atoms with E-state index in [1.165, 1.54) is 0 Å². The third-order valence-corrected chi connectivity index (χ3v) is 3.28. The molecule has 4 nitrogen and oxygen atoms in total. The van der Waals surface area contributed by atoms with E-state index < -0.39 is 5.97 Å². The molecule has 0 spiro atoms. The second kappa shape index (κ2) is 3.26. The van der Waals surface area contributed by atoms with Crippen molar-refractivity contribution in [1.82, 2.24) is 4.90 Å². The molecule has 0 aromatic rings. The lowest BCUT2D eigenvalue weighted by Gasteiger charge is -2.15. The zero-order valence-electron chi connectivity index (χ0n) is 8.27. The number of rotatable bonds is 2. The number of carbonyl (C=O) groups is 2. The number of likely N-dealkylation sites (tertiary alicyclic amines) is 1. The molecule has 2 fully saturated rings. The van der Waals surface area contributed by atoms with E-state index in [1.807, 2.05) is 0 Å². The maximum absolute atomic E-state index is 11.7. The summed E-state index contributed by atoms with van der Waals surface area (Å²) in [6, 6.07) is 0. The first-order valence-corrected chi connectivity index (χ1v) is 5.11. The van der Waals surface area contributed by atoms with E-state index in [-0.39, 0.29) is 17.7 Å². The fraction of sp³-hybridized carbons (Fsp3) is 0.800. The predicted octanol–water partition coefficient (Wildman–Crippen LogP) is 0.575. The van der Waals surface area contributed by atoms with Gasteiger partial charge < -0.3 is 10.0 Å². The minimum Gasteiger partial charge on any atom is -0.481 e. The number of amides is 1. The SMILES string of the molecule is CC1CC1C(=O)N1CCC(C(=O)O)C1. The van der Waals surface area contributed by atoms with E-state index >= 15 is 0 Å². The molecular weight excluding hydrogens is 182 g/mol. The Labute approximate surface area is 82.9 Å². The van der Waals surface area contributed by atoms with Crippen LogP contribution in [0.4, 0.5) is 0 Å². The van der Waals surface area contributed by atoms with Crippen LogP contribution in [0.3, 0.4) is 0 Å². The van der Waals surface area contributed by atoms with Crippen molar-refractivity contribution < 1.29 is 14.7 Å². The van der Waals surface area contributed by atoms with Gasteiger partial charge in [0.05, 0.1) is 5.92 Å². The highest BCUT2D eigenvalue weighted by molar-refractivity contribution is 5.83. The van der Waals surface area contributed by atoms with Crippen LogP contribution in [-0.4, -0.2) is 35.0 Å². The lowest BCUT2D eigenvalue weighted by atomic mass is 10.1. The maximum atomic E-state index is 11.7. The van der Waals surface area contributed by atoms with E-state index in [0.717, 1.165) is 6.42 Å². The average Bonchev–Trinajstić information content (AvgIpc) is 2.69. The third kappa shape index (κ3) is 1.61. The van der Waals surface area contributed by atoms with Gasteiger partial charge in [-0.25, -0.2) is 0 Å². The predicted molar refractivity (Wildman–Crippen MR) is 49.6 cm³/mol. The summed E-state index contributed by atoms with van der Waals surface area (Å²) in [5.74, 6) is -0.257. The molecule has 0 aromatic heterocycles. The first-order valence-electron chi connectivity index (χ1n) is 5.11. The van der Waals surface area contributed by atoms with Gasteiger partial charge in [-0.05, 0) is 18.8 Å². The van der Waals surface area contributed by atoms with Gasteiger partial charge in [-0.3, -0.25) is 9.59 Å². The molecule has 1 aliphatic heterocycles. The van der Waals surface area contributed by atoms with E-state index in [1.54, 1.807) is 4.90 Å². The van der Waals surface area contributed by atoms with Crippen LogP contribution in [0.5, 0.6) is 0 Å². The smallest absolute Gasteiger partial charge is 0.308 e. The van der Waals surface area contributed by atoms with Crippen LogP contribution in [0.2, 0.25) is 0 Å². The standard InChI is InChI=1S/C10H15NO3/c1-6-4-8(6)9(12)11-3-2-7(5-11)10(13)14/h6-8H,2-5H2,1H3,(H,13,14). The van der Waals surface area contributed by atoms with Crippen LogP contribution in [0, 0.1) is 17.8 Å². The zero-order valence-corrected chi connectivity index (χ0v) is 8.27. The topological polar surface area (TPSA) is 57.6 Å². The molecule has 14 heavy (non-hydrogen) atoms. The van der Waals surface area contributed by atoms with E-state index in [0.29, 0.717) is 25.4 Å². The quantitative estimate of drug-likeness (QED) is 0.704. The van der Waals surface area contributed by atoms with E-state index in [4.69, 9.17) is 5.11 Å². The number of carbonyl (C=O) groups excluding carboxylic acids is 1. The van der Waals surface area contributed by atoms with Gasteiger partial charge in [-0.2, -0.15) is 0 Å². The normalized spacial score (nSPS) is 35.8. The molecule has 0 aromatic carbocycles. The van der Waals surface area contributed by atoms with Crippen LogP contribution in [0.15, 0.2) is 0 Å². The Morgan fingerprint density at radius 2 is 2.07 bits per heavy atom. The molecular formula is C10H15NO3. The summed E-state index contributed by atoms with van der Waals surface area (Å²) in [5.41, 5.74) is 0.